The fourth-order valence-electron chi connectivity index (χ4n) is 1.89. The summed E-state index contributed by atoms with van der Waals surface area (Å²) < 4.78 is 5.00. The highest BCUT2D eigenvalue weighted by Gasteiger charge is 2.39. The molecule has 4 heteroatoms. The molecule has 0 aromatic heterocycles. The molecule has 4 nitrogen and oxygen atoms in total. The lowest BCUT2D eigenvalue weighted by Crippen LogP contribution is -2.23. The van der Waals surface area contributed by atoms with Gasteiger partial charge in [0.15, 0.2) is 0 Å². The molecule has 1 fully saturated rings. The monoisotopic (exact) mass is 214 g/mol. The fourth-order valence-corrected chi connectivity index (χ4v) is 1.89. The van der Waals surface area contributed by atoms with Gasteiger partial charge in [0, 0.05) is 0 Å². The minimum Gasteiger partial charge on any atom is -0.481 e. The number of unbranched alkanes of at least 4 members (excludes halogenated alkanes) is 3. The van der Waals surface area contributed by atoms with Crippen LogP contribution in [0.3, 0.4) is 0 Å². The minimum absolute atomic E-state index is 0.0355. The number of rotatable bonds is 6. The molecule has 1 N–H and O–H groups in total. The molecule has 0 saturated carbocycles. The molecule has 0 amide bonds. The second-order valence-corrected chi connectivity index (χ2v) is 4.03. The quantitative estimate of drug-likeness (QED) is 0.542. The van der Waals surface area contributed by atoms with E-state index in [0.717, 1.165) is 25.7 Å². The molecule has 0 radical (unpaired) electrons. The molecule has 0 aliphatic carbocycles. The third-order valence-corrected chi connectivity index (χ3v) is 2.78. The predicted molar refractivity (Wildman–Crippen MR) is 54.4 cm³/mol. The summed E-state index contributed by atoms with van der Waals surface area (Å²) in [6.45, 7) is 2.12. The molecule has 15 heavy (non-hydrogen) atoms. The molecule has 1 rings (SSSR count). The van der Waals surface area contributed by atoms with E-state index >= 15 is 0 Å². The summed E-state index contributed by atoms with van der Waals surface area (Å²) in [7, 11) is 0. The number of esters is 1. The fraction of sp³-hybridized carbons (Fsp3) is 0.818. The van der Waals surface area contributed by atoms with Gasteiger partial charge in [0.05, 0.1) is 6.42 Å². The van der Waals surface area contributed by atoms with Crippen LogP contribution in [0.4, 0.5) is 0 Å². The van der Waals surface area contributed by atoms with E-state index in [0.29, 0.717) is 6.42 Å². The van der Waals surface area contributed by atoms with Gasteiger partial charge >= 0.3 is 11.9 Å². The van der Waals surface area contributed by atoms with Gasteiger partial charge in [0.1, 0.15) is 12.0 Å². The molecule has 2 atom stereocenters. The normalized spacial score (nSPS) is 25.3. The number of hydrogen-bond donors (Lipinski definition) is 1. The first-order valence-corrected chi connectivity index (χ1v) is 5.57. The van der Waals surface area contributed by atoms with E-state index in [4.69, 9.17) is 9.84 Å². The lowest BCUT2D eigenvalue weighted by molar-refractivity contribution is -0.144. The summed E-state index contributed by atoms with van der Waals surface area (Å²) in [5.74, 6) is -1.91. The van der Waals surface area contributed by atoms with Gasteiger partial charge in [-0.15, -0.1) is 0 Å². The molecule has 0 aromatic rings. The van der Waals surface area contributed by atoms with Gasteiger partial charge in [-0.1, -0.05) is 26.2 Å². The zero-order valence-corrected chi connectivity index (χ0v) is 9.07. The van der Waals surface area contributed by atoms with Crippen molar-refractivity contribution in [2.75, 3.05) is 0 Å². The Bertz CT molecular complexity index is 237. The Morgan fingerprint density at radius 1 is 1.47 bits per heavy atom. The number of cyclic esters (lactones) is 1. The van der Waals surface area contributed by atoms with Gasteiger partial charge < -0.3 is 9.84 Å². The van der Waals surface area contributed by atoms with Crippen molar-refractivity contribution in [3.8, 4) is 0 Å². The first-order valence-electron chi connectivity index (χ1n) is 5.57. The molecular formula is C11H18O4. The van der Waals surface area contributed by atoms with Crippen molar-refractivity contribution in [2.45, 2.75) is 51.6 Å². The summed E-state index contributed by atoms with van der Waals surface area (Å²) in [6.07, 6.45) is 4.64. The van der Waals surface area contributed by atoms with E-state index in [1.165, 1.54) is 0 Å². The van der Waals surface area contributed by atoms with Crippen LogP contribution in [0.15, 0.2) is 0 Å². The van der Waals surface area contributed by atoms with Crippen LogP contribution in [0.25, 0.3) is 0 Å². The highest BCUT2D eigenvalue weighted by atomic mass is 16.6. The Labute approximate surface area is 89.6 Å². The number of carbonyl (C=O) groups excluding carboxylic acids is 1. The summed E-state index contributed by atoms with van der Waals surface area (Å²) in [6, 6.07) is 0. The van der Waals surface area contributed by atoms with Crippen molar-refractivity contribution in [3.63, 3.8) is 0 Å². The number of aliphatic carboxylic acids is 1. The Balaban J connectivity index is 2.32. The third-order valence-electron chi connectivity index (χ3n) is 2.78. The van der Waals surface area contributed by atoms with Gasteiger partial charge in [-0.05, 0) is 12.8 Å². The average Bonchev–Trinajstić information content (AvgIpc) is 2.55. The van der Waals surface area contributed by atoms with Crippen molar-refractivity contribution >= 4 is 11.9 Å². The van der Waals surface area contributed by atoms with Gasteiger partial charge in [-0.25, -0.2) is 0 Å². The van der Waals surface area contributed by atoms with Crippen molar-refractivity contribution in [1.82, 2.24) is 0 Å². The largest absolute Gasteiger partial charge is 0.481 e. The van der Waals surface area contributed by atoms with Gasteiger partial charge in [-0.3, -0.25) is 9.59 Å². The maximum absolute atomic E-state index is 11.0. The number of carbonyl (C=O) groups is 2. The van der Waals surface area contributed by atoms with E-state index in [-0.39, 0.29) is 12.4 Å². The summed E-state index contributed by atoms with van der Waals surface area (Å²) in [5.41, 5.74) is 0. The van der Waals surface area contributed by atoms with Crippen LogP contribution in [-0.4, -0.2) is 23.1 Å². The Morgan fingerprint density at radius 3 is 2.80 bits per heavy atom. The summed E-state index contributed by atoms with van der Waals surface area (Å²) >= 11 is 0. The van der Waals surface area contributed by atoms with E-state index in [1.54, 1.807) is 0 Å². The zero-order chi connectivity index (χ0) is 11.3. The minimum atomic E-state index is -0.915. The Morgan fingerprint density at radius 2 is 2.20 bits per heavy atom. The van der Waals surface area contributed by atoms with Crippen LogP contribution >= 0.6 is 0 Å². The first kappa shape index (κ1) is 12.0. The molecule has 1 heterocycles. The third kappa shape index (κ3) is 3.53. The van der Waals surface area contributed by atoms with E-state index in [2.05, 4.69) is 6.92 Å². The molecule has 1 aliphatic heterocycles. The van der Waals surface area contributed by atoms with Gasteiger partial charge in [0.2, 0.25) is 0 Å². The lowest BCUT2D eigenvalue weighted by atomic mass is 9.97. The zero-order valence-electron chi connectivity index (χ0n) is 9.07. The van der Waals surface area contributed by atoms with Crippen LogP contribution in [0.1, 0.15) is 45.4 Å². The smallest absolute Gasteiger partial charge is 0.310 e. The first-order chi connectivity index (χ1) is 7.15. The molecule has 1 saturated heterocycles. The standard InChI is InChI=1S/C11H18O4/c1-2-3-4-5-6-9-8(11(13)14)7-10(12)15-9/h8-9H,2-7H2,1H3,(H,13,14). The lowest BCUT2D eigenvalue weighted by Gasteiger charge is -2.13. The van der Waals surface area contributed by atoms with Gasteiger partial charge in [-0.2, -0.15) is 0 Å². The molecule has 86 valence electrons. The average molecular weight is 214 g/mol. The number of carboxylic acid groups (broad SMARTS) is 1. The molecule has 1 aliphatic rings. The van der Waals surface area contributed by atoms with Crippen molar-refractivity contribution in [3.05, 3.63) is 0 Å². The molecular weight excluding hydrogens is 196 g/mol. The van der Waals surface area contributed by atoms with Gasteiger partial charge in [0.25, 0.3) is 0 Å². The summed E-state index contributed by atoms with van der Waals surface area (Å²) in [5, 5.41) is 8.87. The number of ether oxygens (including phenoxy) is 1. The van der Waals surface area contributed by atoms with E-state index < -0.39 is 18.0 Å². The predicted octanol–water partition coefficient (Wildman–Crippen LogP) is 1.97. The van der Waals surface area contributed by atoms with Crippen LogP contribution in [0.2, 0.25) is 0 Å². The highest BCUT2D eigenvalue weighted by molar-refractivity contribution is 5.82. The van der Waals surface area contributed by atoms with Crippen LogP contribution < -0.4 is 0 Å². The number of carboxylic acids is 1. The second kappa shape index (κ2) is 5.73. The van der Waals surface area contributed by atoms with Crippen molar-refractivity contribution in [2.24, 2.45) is 5.92 Å². The molecule has 0 bridgehead atoms. The Kier molecular flexibility index (Phi) is 4.59. The summed E-state index contributed by atoms with van der Waals surface area (Å²) in [4.78, 5) is 21.8. The van der Waals surface area contributed by atoms with Crippen LogP contribution in [-0.2, 0) is 14.3 Å². The molecule has 0 aromatic carbocycles. The highest BCUT2D eigenvalue weighted by Crippen LogP contribution is 2.26. The maximum Gasteiger partial charge on any atom is 0.310 e. The Hall–Kier alpha value is -1.06. The van der Waals surface area contributed by atoms with E-state index in [1.807, 2.05) is 0 Å². The van der Waals surface area contributed by atoms with E-state index in [9.17, 15) is 9.59 Å². The maximum atomic E-state index is 11.0. The number of hydrogen-bond acceptors (Lipinski definition) is 3. The van der Waals surface area contributed by atoms with Crippen LogP contribution in [0.5, 0.6) is 0 Å². The van der Waals surface area contributed by atoms with Crippen molar-refractivity contribution < 1.29 is 19.4 Å². The second-order valence-electron chi connectivity index (χ2n) is 4.03. The van der Waals surface area contributed by atoms with Crippen molar-refractivity contribution in [1.29, 1.82) is 0 Å². The van der Waals surface area contributed by atoms with Crippen LogP contribution in [0, 0.1) is 5.92 Å². The SMILES string of the molecule is CCCCCCC1OC(=O)CC1C(=O)O. The molecule has 0 spiro atoms. The topological polar surface area (TPSA) is 63.6 Å². The molecule has 2 unspecified atom stereocenters.